The van der Waals surface area contributed by atoms with Crippen LogP contribution in [0.15, 0.2) is 54.6 Å². The molecule has 3 saturated carbocycles. The minimum Gasteiger partial charge on any atom is -0.480 e. The highest BCUT2D eigenvalue weighted by Crippen LogP contribution is 2.75. The van der Waals surface area contributed by atoms with Crippen LogP contribution in [-0.2, 0) is 21.6 Å². The maximum atomic E-state index is 12.1. The molecule has 8 heteroatoms. The first-order valence-electron chi connectivity index (χ1n) is 9.29. The Kier molecular flexibility index (Phi) is 4.49. The van der Waals surface area contributed by atoms with Crippen molar-refractivity contribution in [1.29, 1.82) is 0 Å². The lowest BCUT2D eigenvalue weighted by molar-refractivity contribution is -0.387. The van der Waals surface area contributed by atoms with Gasteiger partial charge in [0.2, 0.25) is 0 Å². The molecule has 5 rings (SSSR count). The number of amides is 1. The van der Waals surface area contributed by atoms with Crippen molar-refractivity contribution in [3.05, 3.63) is 75.8 Å². The quantitative estimate of drug-likeness (QED) is 0.547. The molecule has 150 valence electrons. The van der Waals surface area contributed by atoms with Crippen LogP contribution in [0.1, 0.15) is 30.4 Å². The van der Waals surface area contributed by atoms with Gasteiger partial charge in [-0.1, -0.05) is 48.5 Å². The van der Waals surface area contributed by atoms with Crippen molar-refractivity contribution in [3.63, 3.8) is 0 Å². The summed E-state index contributed by atoms with van der Waals surface area (Å²) in [4.78, 5) is 34.9. The van der Waals surface area contributed by atoms with Crippen molar-refractivity contribution in [2.24, 2.45) is 5.41 Å². The first-order valence-corrected chi connectivity index (χ1v) is 9.29. The lowest BCUT2D eigenvalue weighted by Gasteiger charge is -2.72. The highest BCUT2D eigenvalue weighted by atomic mass is 16.6. The number of benzene rings is 2. The molecule has 3 fully saturated rings. The highest BCUT2D eigenvalue weighted by molar-refractivity contribution is 5.82. The molecule has 1 amide bonds. The summed E-state index contributed by atoms with van der Waals surface area (Å²) in [6.07, 6.45) is 0.674. The van der Waals surface area contributed by atoms with Crippen molar-refractivity contribution in [3.8, 4) is 0 Å². The summed E-state index contributed by atoms with van der Waals surface area (Å²) in [6.45, 7) is 0.0478. The fraction of sp³-hybridized carbons (Fsp3) is 0.333. The average molecular weight is 396 g/mol. The van der Waals surface area contributed by atoms with Crippen LogP contribution >= 0.6 is 0 Å². The lowest BCUT2D eigenvalue weighted by atomic mass is 9.31. The minimum atomic E-state index is -1.13. The zero-order chi connectivity index (χ0) is 20.6. The predicted octanol–water partition coefficient (Wildman–Crippen LogP) is 3.40. The van der Waals surface area contributed by atoms with Crippen molar-refractivity contribution in [1.82, 2.24) is 5.32 Å². The third-order valence-corrected chi connectivity index (χ3v) is 6.08. The van der Waals surface area contributed by atoms with E-state index in [4.69, 9.17) is 4.74 Å². The third-order valence-electron chi connectivity index (χ3n) is 6.08. The van der Waals surface area contributed by atoms with Gasteiger partial charge >= 0.3 is 12.1 Å². The van der Waals surface area contributed by atoms with Crippen LogP contribution < -0.4 is 5.32 Å². The van der Waals surface area contributed by atoms with Crippen LogP contribution in [0.3, 0.4) is 0 Å². The van der Waals surface area contributed by atoms with E-state index >= 15 is 0 Å². The molecule has 0 saturated heterocycles. The first kappa shape index (κ1) is 18.9. The Morgan fingerprint density at radius 3 is 2.34 bits per heavy atom. The van der Waals surface area contributed by atoms with E-state index in [0.29, 0.717) is 24.8 Å². The van der Waals surface area contributed by atoms with Crippen molar-refractivity contribution in [2.75, 3.05) is 0 Å². The fourth-order valence-electron chi connectivity index (χ4n) is 4.90. The molecule has 2 bridgehead atoms. The van der Waals surface area contributed by atoms with Crippen LogP contribution in [0.2, 0.25) is 0 Å². The highest BCUT2D eigenvalue weighted by Gasteiger charge is 2.73. The van der Waals surface area contributed by atoms with Gasteiger partial charge in [-0.15, -0.1) is 0 Å². The minimum absolute atomic E-state index is 0.0478. The van der Waals surface area contributed by atoms with E-state index in [1.807, 2.05) is 18.2 Å². The Bertz CT molecular complexity index is 954. The predicted molar refractivity (Wildman–Crippen MR) is 102 cm³/mol. The molecular formula is C21H20N2O6. The summed E-state index contributed by atoms with van der Waals surface area (Å²) < 4.78 is 5.15. The van der Waals surface area contributed by atoms with Crippen molar-refractivity contribution < 1.29 is 24.4 Å². The second-order valence-corrected chi connectivity index (χ2v) is 7.92. The van der Waals surface area contributed by atoms with Crippen LogP contribution in [0.25, 0.3) is 0 Å². The number of hydrogen-bond donors (Lipinski definition) is 2. The number of carboxylic acids is 1. The number of nitrogens with zero attached hydrogens (tertiary/aromatic N) is 1. The van der Waals surface area contributed by atoms with E-state index in [0.717, 1.165) is 5.56 Å². The molecule has 8 nitrogen and oxygen atoms in total. The lowest BCUT2D eigenvalue weighted by Crippen LogP contribution is -2.73. The van der Waals surface area contributed by atoms with Crippen molar-refractivity contribution in [2.45, 2.75) is 37.3 Å². The number of ether oxygens (including phenoxy) is 1. The van der Waals surface area contributed by atoms with E-state index < -0.39 is 28.4 Å². The molecule has 0 radical (unpaired) electrons. The molecule has 29 heavy (non-hydrogen) atoms. The topological polar surface area (TPSA) is 119 Å². The van der Waals surface area contributed by atoms with E-state index in [1.165, 1.54) is 6.07 Å². The van der Waals surface area contributed by atoms with Gasteiger partial charge in [0.15, 0.2) is 0 Å². The summed E-state index contributed by atoms with van der Waals surface area (Å²) in [6, 6.07) is 14.6. The molecule has 2 N–H and O–H groups in total. The Hall–Kier alpha value is -3.42. The molecule has 0 heterocycles. The number of nitrogens with one attached hydrogen (secondary N) is 1. The van der Waals surface area contributed by atoms with Gasteiger partial charge in [0, 0.05) is 22.5 Å². The number of carbonyl (C=O) groups is 2. The van der Waals surface area contributed by atoms with E-state index in [-0.39, 0.29) is 17.7 Å². The molecule has 0 aliphatic heterocycles. The summed E-state index contributed by atoms with van der Waals surface area (Å²) in [5.41, 5.74) is 0.523. The van der Waals surface area contributed by atoms with Gasteiger partial charge in [-0.25, -0.2) is 9.59 Å². The average Bonchev–Trinajstić information content (AvgIpc) is 2.64. The Balaban J connectivity index is 1.41. The van der Waals surface area contributed by atoms with Gasteiger partial charge < -0.3 is 15.2 Å². The van der Waals surface area contributed by atoms with Gasteiger partial charge in [0.1, 0.15) is 12.6 Å². The number of aliphatic carboxylic acids is 1. The van der Waals surface area contributed by atoms with Gasteiger partial charge in [0.25, 0.3) is 5.69 Å². The zero-order valence-corrected chi connectivity index (χ0v) is 15.5. The number of para-hydroxylation sites is 1. The van der Waals surface area contributed by atoms with Crippen LogP contribution in [-0.4, -0.2) is 28.1 Å². The second-order valence-electron chi connectivity index (χ2n) is 7.92. The van der Waals surface area contributed by atoms with Crippen molar-refractivity contribution >= 4 is 17.7 Å². The molecule has 2 aromatic carbocycles. The number of rotatable bonds is 7. The van der Waals surface area contributed by atoms with Crippen LogP contribution in [0.4, 0.5) is 10.5 Å². The molecule has 2 aromatic rings. The third kappa shape index (κ3) is 3.20. The molecular weight excluding hydrogens is 376 g/mol. The summed E-state index contributed by atoms with van der Waals surface area (Å²) in [5, 5.41) is 23.4. The Labute approximate surface area is 166 Å². The number of carboxylic acid groups (broad SMARTS) is 1. The SMILES string of the molecule is O=C(NC(C(=O)O)C12CC(c3ccccc3[N+](=O)[O-])(C1)C2)OCc1ccccc1. The number of alkyl carbamates (subject to hydrolysis) is 1. The Morgan fingerprint density at radius 2 is 1.72 bits per heavy atom. The van der Waals surface area contributed by atoms with E-state index in [9.17, 15) is 24.8 Å². The van der Waals surface area contributed by atoms with Gasteiger partial charge in [-0.05, 0) is 24.8 Å². The van der Waals surface area contributed by atoms with E-state index in [2.05, 4.69) is 5.32 Å². The number of hydrogen-bond acceptors (Lipinski definition) is 5. The Morgan fingerprint density at radius 1 is 1.10 bits per heavy atom. The fourth-order valence-corrected chi connectivity index (χ4v) is 4.90. The first-order chi connectivity index (χ1) is 13.9. The maximum Gasteiger partial charge on any atom is 0.408 e. The summed E-state index contributed by atoms with van der Waals surface area (Å²) in [7, 11) is 0. The monoisotopic (exact) mass is 396 g/mol. The molecule has 3 aliphatic carbocycles. The van der Waals surface area contributed by atoms with Crippen LogP contribution in [0.5, 0.6) is 0 Å². The van der Waals surface area contributed by atoms with Gasteiger partial charge in [-0.3, -0.25) is 10.1 Å². The smallest absolute Gasteiger partial charge is 0.408 e. The summed E-state index contributed by atoms with van der Waals surface area (Å²) in [5.74, 6) is -1.13. The second kappa shape index (κ2) is 6.88. The van der Waals surface area contributed by atoms with E-state index in [1.54, 1.807) is 30.3 Å². The molecule has 0 spiro atoms. The maximum absolute atomic E-state index is 12.1. The van der Waals surface area contributed by atoms with Gasteiger partial charge in [-0.2, -0.15) is 0 Å². The van der Waals surface area contributed by atoms with Gasteiger partial charge in [0.05, 0.1) is 4.92 Å². The molecule has 1 unspecified atom stereocenters. The number of nitro groups is 1. The van der Waals surface area contributed by atoms with Crippen LogP contribution in [0, 0.1) is 15.5 Å². The largest absolute Gasteiger partial charge is 0.480 e. The number of carbonyl (C=O) groups excluding carboxylic acids is 1. The normalized spacial score (nSPS) is 25.1. The number of nitro benzene ring substituents is 1. The molecule has 1 atom stereocenters. The molecule has 3 aliphatic rings. The molecule has 0 aromatic heterocycles. The summed E-state index contributed by atoms with van der Waals surface area (Å²) >= 11 is 0. The zero-order valence-electron chi connectivity index (χ0n) is 15.5. The standard InChI is InChI=1S/C21H20N2O6/c24-18(25)17(22-19(26)29-10-14-6-2-1-3-7-14)21-11-20(12-21,13-21)15-8-4-5-9-16(15)23(27)28/h1-9,17H,10-13H2,(H,22,26)(H,24,25).